The molecule has 1 atom stereocenters. The average molecular weight is 340 g/mol. The number of hydrogen-bond acceptors (Lipinski definition) is 5. The first-order valence-corrected chi connectivity index (χ1v) is 8.95. The van der Waals surface area contributed by atoms with Crippen LogP contribution in [0.2, 0.25) is 0 Å². The number of ether oxygens (including phenoxy) is 1. The quantitative estimate of drug-likeness (QED) is 0.837. The van der Waals surface area contributed by atoms with Gasteiger partial charge >= 0.3 is 0 Å². The molecule has 2 aromatic rings. The van der Waals surface area contributed by atoms with Gasteiger partial charge in [0.2, 0.25) is 0 Å². The third-order valence-electron chi connectivity index (χ3n) is 5.24. The lowest BCUT2D eigenvalue weighted by atomic mass is 10.1. The molecule has 0 radical (unpaired) electrons. The highest BCUT2D eigenvalue weighted by molar-refractivity contribution is 5.41. The van der Waals surface area contributed by atoms with Crippen molar-refractivity contribution < 1.29 is 4.74 Å². The van der Waals surface area contributed by atoms with Gasteiger partial charge in [-0.25, -0.2) is 0 Å². The molecule has 0 N–H and O–H groups in total. The molecule has 0 saturated carbocycles. The number of rotatable bonds is 5. The van der Waals surface area contributed by atoms with Gasteiger partial charge in [0, 0.05) is 68.5 Å². The van der Waals surface area contributed by atoms with Crippen LogP contribution in [0.25, 0.3) is 0 Å². The van der Waals surface area contributed by atoms with E-state index in [0.29, 0.717) is 6.04 Å². The highest BCUT2D eigenvalue weighted by atomic mass is 16.5. The molecule has 0 spiro atoms. The summed E-state index contributed by atoms with van der Waals surface area (Å²) in [6, 6.07) is 4.59. The molecule has 5 nitrogen and oxygen atoms in total. The van der Waals surface area contributed by atoms with Gasteiger partial charge < -0.3 is 4.74 Å². The van der Waals surface area contributed by atoms with Gasteiger partial charge in [0.25, 0.3) is 0 Å². The Kier molecular flexibility index (Phi) is 5.66. The zero-order valence-corrected chi connectivity index (χ0v) is 15.7. The molecule has 3 heterocycles. The third-order valence-corrected chi connectivity index (χ3v) is 5.24. The minimum Gasteiger partial charge on any atom is -0.496 e. The summed E-state index contributed by atoms with van der Waals surface area (Å²) >= 11 is 0. The first kappa shape index (κ1) is 17.8. The van der Waals surface area contributed by atoms with E-state index in [0.717, 1.165) is 55.3 Å². The Balaban J connectivity index is 1.60. The first-order valence-electron chi connectivity index (χ1n) is 8.95. The van der Waals surface area contributed by atoms with E-state index >= 15 is 0 Å². The van der Waals surface area contributed by atoms with Crippen molar-refractivity contribution in [2.24, 2.45) is 0 Å². The summed E-state index contributed by atoms with van der Waals surface area (Å²) in [6.45, 7) is 11.6. The lowest BCUT2D eigenvalue weighted by Gasteiger charge is -2.38. The van der Waals surface area contributed by atoms with Crippen LogP contribution in [0, 0.1) is 13.8 Å². The second-order valence-corrected chi connectivity index (χ2v) is 6.82. The van der Waals surface area contributed by atoms with Gasteiger partial charge in [-0.3, -0.25) is 19.8 Å². The van der Waals surface area contributed by atoms with Crippen molar-refractivity contribution >= 4 is 0 Å². The molecule has 5 heteroatoms. The Bertz CT molecular complexity index is 696. The molecular weight excluding hydrogens is 312 g/mol. The maximum absolute atomic E-state index is 5.53. The Hall–Kier alpha value is -1.98. The molecule has 0 amide bonds. The highest BCUT2D eigenvalue weighted by Crippen LogP contribution is 2.26. The highest BCUT2D eigenvalue weighted by Gasteiger charge is 2.23. The van der Waals surface area contributed by atoms with Gasteiger partial charge in [0.15, 0.2) is 0 Å². The van der Waals surface area contributed by atoms with E-state index in [-0.39, 0.29) is 0 Å². The predicted octanol–water partition coefficient (Wildman–Crippen LogP) is 2.98. The number of piperazine rings is 1. The SMILES string of the molecule is COc1c(C)cnc(CN2CCN([C@@H](C)c3cccnc3)CC2)c1C. The fourth-order valence-electron chi connectivity index (χ4n) is 3.58. The van der Waals surface area contributed by atoms with Crippen LogP contribution in [-0.4, -0.2) is 53.1 Å². The van der Waals surface area contributed by atoms with Gasteiger partial charge in [0.1, 0.15) is 5.75 Å². The molecule has 1 aliphatic rings. The summed E-state index contributed by atoms with van der Waals surface area (Å²) in [5.74, 6) is 0.967. The minimum absolute atomic E-state index is 0.412. The van der Waals surface area contributed by atoms with Crippen molar-refractivity contribution in [3.63, 3.8) is 0 Å². The average Bonchev–Trinajstić information content (AvgIpc) is 2.65. The summed E-state index contributed by atoms with van der Waals surface area (Å²) in [6.07, 6.45) is 5.73. The number of nitrogens with zero attached hydrogens (tertiary/aromatic N) is 4. The van der Waals surface area contributed by atoms with Crippen molar-refractivity contribution in [2.75, 3.05) is 33.3 Å². The maximum atomic E-state index is 5.53. The summed E-state index contributed by atoms with van der Waals surface area (Å²) in [4.78, 5) is 13.9. The maximum Gasteiger partial charge on any atom is 0.128 e. The second kappa shape index (κ2) is 7.93. The number of aryl methyl sites for hydroxylation is 1. The largest absolute Gasteiger partial charge is 0.496 e. The third kappa shape index (κ3) is 3.99. The van der Waals surface area contributed by atoms with E-state index in [1.165, 1.54) is 5.56 Å². The summed E-state index contributed by atoms with van der Waals surface area (Å²) in [5.41, 5.74) is 4.67. The van der Waals surface area contributed by atoms with E-state index < -0.39 is 0 Å². The van der Waals surface area contributed by atoms with Crippen LogP contribution in [0.5, 0.6) is 5.75 Å². The summed E-state index contributed by atoms with van der Waals surface area (Å²) in [7, 11) is 1.73. The van der Waals surface area contributed by atoms with Gasteiger partial charge in [-0.15, -0.1) is 0 Å². The zero-order valence-electron chi connectivity index (χ0n) is 15.7. The van der Waals surface area contributed by atoms with Crippen molar-refractivity contribution in [3.8, 4) is 5.75 Å². The van der Waals surface area contributed by atoms with Crippen molar-refractivity contribution in [2.45, 2.75) is 33.4 Å². The van der Waals surface area contributed by atoms with Crippen LogP contribution in [0.1, 0.15) is 35.3 Å². The molecule has 134 valence electrons. The van der Waals surface area contributed by atoms with E-state index in [9.17, 15) is 0 Å². The molecule has 25 heavy (non-hydrogen) atoms. The molecule has 0 aliphatic carbocycles. The molecule has 2 aromatic heterocycles. The Morgan fingerprint density at radius 2 is 1.92 bits per heavy atom. The minimum atomic E-state index is 0.412. The predicted molar refractivity (Wildman–Crippen MR) is 99.8 cm³/mol. The van der Waals surface area contributed by atoms with E-state index in [1.807, 2.05) is 31.6 Å². The number of aromatic nitrogens is 2. The second-order valence-electron chi connectivity index (χ2n) is 6.82. The molecule has 0 aromatic carbocycles. The Morgan fingerprint density at radius 3 is 2.56 bits per heavy atom. The van der Waals surface area contributed by atoms with Crippen LogP contribution >= 0.6 is 0 Å². The smallest absolute Gasteiger partial charge is 0.128 e. The number of pyridine rings is 2. The van der Waals surface area contributed by atoms with E-state index in [2.05, 4.69) is 39.7 Å². The van der Waals surface area contributed by atoms with Gasteiger partial charge in [-0.05, 0) is 32.4 Å². The molecule has 1 saturated heterocycles. The standard InChI is InChI=1S/C20H28N4O/c1-15-12-22-19(16(2)20(15)25-4)14-23-8-10-24(11-9-23)17(3)18-6-5-7-21-13-18/h5-7,12-13,17H,8-11,14H2,1-4H3/t17-/m0/s1. The molecule has 0 unspecified atom stereocenters. The molecule has 1 aliphatic heterocycles. The monoisotopic (exact) mass is 340 g/mol. The van der Waals surface area contributed by atoms with Crippen molar-refractivity contribution in [3.05, 3.63) is 53.1 Å². The van der Waals surface area contributed by atoms with E-state index in [1.54, 1.807) is 7.11 Å². The summed E-state index contributed by atoms with van der Waals surface area (Å²) in [5, 5.41) is 0. The Labute approximate surface area is 150 Å². The van der Waals surface area contributed by atoms with Crippen LogP contribution in [-0.2, 0) is 6.54 Å². The molecule has 3 rings (SSSR count). The summed E-state index contributed by atoms with van der Waals surface area (Å²) < 4.78 is 5.53. The molecular formula is C20H28N4O. The van der Waals surface area contributed by atoms with Crippen LogP contribution < -0.4 is 4.74 Å². The first-order chi connectivity index (χ1) is 12.1. The van der Waals surface area contributed by atoms with Gasteiger partial charge in [-0.2, -0.15) is 0 Å². The number of methoxy groups -OCH3 is 1. The van der Waals surface area contributed by atoms with Gasteiger partial charge in [-0.1, -0.05) is 6.07 Å². The number of hydrogen-bond donors (Lipinski definition) is 0. The lowest BCUT2D eigenvalue weighted by Crippen LogP contribution is -2.46. The fourth-order valence-corrected chi connectivity index (χ4v) is 3.58. The fraction of sp³-hybridized carbons (Fsp3) is 0.500. The molecule has 1 fully saturated rings. The van der Waals surface area contributed by atoms with Gasteiger partial charge in [0.05, 0.1) is 12.8 Å². The topological polar surface area (TPSA) is 41.5 Å². The zero-order chi connectivity index (χ0) is 17.8. The normalized spacial score (nSPS) is 17.4. The van der Waals surface area contributed by atoms with Crippen LogP contribution in [0.4, 0.5) is 0 Å². The Morgan fingerprint density at radius 1 is 1.16 bits per heavy atom. The van der Waals surface area contributed by atoms with Crippen molar-refractivity contribution in [1.29, 1.82) is 0 Å². The van der Waals surface area contributed by atoms with Crippen LogP contribution in [0.15, 0.2) is 30.7 Å². The van der Waals surface area contributed by atoms with E-state index in [4.69, 9.17) is 4.74 Å². The lowest BCUT2D eigenvalue weighted by molar-refractivity contribution is 0.0967. The van der Waals surface area contributed by atoms with Crippen molar-refractivity contribution in [1.82, 2.24) is 19.8 Å². The van der Waals surface area contributed by atoms with Crippen LogP contribution in [0.3, 0.4) is 0 Å². The molecule has 0 bridgehead atoms.